The number of aromatic nitrogens is 5. The zero-order chi connectivity index (χ0) is 21.4. The summed E-state index contributed by atoms with van der Waals surface area (Å²) in [7, 11) is 3.44. The lowest BCUT2D eigenvalue weighted by Crippen LogP contribution is -2.48. The Kier molecular flexibility index (Phi) is 5.27. The van der Waals surface area contributed by atoms with Crippen LogP contribution in [0.15, 0.2) is 36.7 Å². The molecule has 2 aromatic heterocycles. The predicted molar refractivity (Wildman–Crippen MR) is 117 cm³/mol. The molecule has 31 heavy (non-hydrogen) atoms. The fourth-order valence-corrected chi connectivity index (χ4v) is 4.75. The molecule has 1 saturated carbocycles. The lowest BCUT2D eigenvalue weighted by atomic mass is 9.92. The van der Waals surface area contributed by atoms with Crippen molar-refractivity contribution in [3.05, 3.63) is 41.7 Å². The third kappa shape index (κ3) is 4.10. The third-order valence-corrected chi connectivity index (χ3v) is 6.25. The van der Waals surface area contributed by atoms with Crippen molar-refractivity contribution < 1.29 is 9.47 Å². The molecular formula is C21H24ClN7O2. The van der Waals surface area contributed by atoms with Crippen molar-refractivity contribution in [3.63, 3.8) is 0 Å². The largest absolute Gasteiger partial charge is 0.481 e. The van der Waals surface area contributed by atoms with Crippen LogP contribution in [-0.2, 0) is 7.05 Å². The van der Waals surface area contributed by atoms with Crippen molar-refractivity contribution in [1.82, 2.24) is 24.7 Å². The van der Waals surface area contributed by atoms with E-state index in [2.05, 4.69) is 30.3 Å². The van der Waals surface area contributed by atoms with E-state index in [1.807, 2.05) is 25.2 Å². The molecule has 0 amide bonds. The van der Waals surface area contributed by atoms with Gasteiger partial charge in [-0.15, -0.1) is 5.10 Å². The second kappa shape index (κ2) is 8.22. The van der Waals surface area contributed by atoms with Gasteiger partial charge in [0.15, 0.2) is 0 Å². The quantitative estimate of drug-likeness (QED) is 0.622. The van der Waals surface area contributed by atoms with Gasteiger partial charge in [-0.2, -0.15) is 4.98 Å². The van der Waals surface area contributed by atoms with Crippen LogP contribution in [0.25, 0.3) is 0 Å². The highest BCUT2D eigenvalue weighted by atomic mass is 35.5. The number of methoxy groups -OCH3 is 1. The first-order valence-electron chi connectivity index (χ1n) is 10.3. The average molecular weight is 442 g/mol. The molecule has 1 aromatic carbocycles. The fraction of sp³-hybridized carbons (Fsp3) is 0.429. The number of halogens is 1. The highest BCUT2D eigenvalue weighted by Crippen LogP contribution is 2.40. The number of ether oxygens (including phenoxy) is 2. The Bertz CT molecular complexity index is 1060. The fourth-order valence-electron chi connectivity index (χ4n) is 4.56. The number of benzene rings is 1. The Morgan fingerprint density at radius 2 is 1.94 bits per heavy atom. The number of fused-ring (bicyclic) bond motifs is 2. The van der Waals surface area contributed by atoms with Gasteiger partial charge >= 0.3 is 6.01 Å². The molecule has 2 aliphatic rings. The molecule has 0 unspecified atom stereocenters. The topological polar surface area (TPSA) is 90.2 Å². The minimum atomic E-state index is 0.321. The van der Waals surface area contributed by atoms with Gasteiger partial charge in [0.05, 0.1) is 7.11 Å². The Hall–Kier alpha value is -3.07. The second-order valence-electron chi connectivity index (χ2n) is 7.99. The maximum atomic E-state index is 6.04. The first kappa shape index (κ1) is 19.9. The van der Waals surface area contributed by atoms with Gasteiger partial charge in [-0.1, -0.05) is 17.7 Å². The Balaban J connectivity index is 1.27. The molecule has 5 rings (SSSR count). The molecule has 3 atom stereocenters. The molecule has 2 fully saturated rings. The summed E-state index contributed by atoms with van der Waals surface area (Å²) in [5.74, 6) is 3.68. The smallest absolute Gasteiger partial charge is 0.321 e. The third-order valence-electron chi connectivity index (χ3n) is 6.02. The van der Waals surface area contributed by atoms with E-state index in [9.17, 15) is 0 Å². The molecule has 10 heteroatoms. The first-order valence-corrected chi connectivity index (χ1v) is 10.7. The first-order chi connectivity index (χ1) is 15.1. The normalized spacial score (nSPS) is 22.4. The number of hydrogen-bond acceptors (Lipinski definition) is 8. The highest BCUT2D eigenvalue weighted by molar-refractivity contribution is 6.30. The maximum Gasteiger partial charge on any atom is 0.321 e. The van der Waals surface area contributed by atoms with Gasteiger partial charge in [0.25, 0.3) is 0 Å². The van der Waals surface area contributed by atoms with E-state index >= 15 is 0 Å². The monoisotopic (exact) mass is 441 g/mol. The van der Waals surface area contributed by atoms with Crippen LogP contribution in [0.1, 0.15) is 12.8 Å². The van der Waals surface area contributed by atoms with Crippen molar-refractivity contribution in [2.24, 2.45) is 18.9 Å². The van der Waals surface area contributed by atoms with E-state index in [1.165, 1.54) is 12.8 Å². The number of hydrogen-bond donors (Lipinski definition) is 1. The minimum absolute atomic E-state index is 0.321. The van der Waals surface area contributed by atoms with E-state index in [0.717, 1.165) is 18.9 Å². The van der Waals surface area contributed by atoms with E-state index in [1.54, 1.807) is 30.3 Å². The Morgan fingerprint density at radius 1 is 1.13 bits per heavy atom. The number of anilines is 2. The van der Waals surface area contributed by atoms with Crippen molar-refractivity contribution in [2.75, 3.05) is 30.4 Å². The summed E-state index contributed by atoms with van der Waals surface area (Å²) in [6.07, 6.45) is 3.89. The maximum absolute atomic E-state index is 6.04. The molecule has 0 spiro atoms. The van der Waals surface area contributed by atoms with Crippen molar-refractivity contribution in [2.45, 2.75) is 18.9 Å². The molecule has 1 aliphatic heterocycles. The Labute approximate surface area is 185 Å². The zero-order valence-corrected chi connectivity index (χ0v) is 18.2. The lowest BCUT2D eigenvalue weighted by Gasteiger charge is -2.38. The molecule has 9 nitrogen and oxygen atoms in total. The van der Waals surface area contributed by atoms with Gasteiger partial charge in [-0.25, -0.2) is 14.6 Å². The van der Waals surface area contributed by atoms with Gasteiger partial charge in [0.1, 0.15) is 17.9 Å². The van der Waals surface area contributed by atoms with Crippen molar-refractivity contribution in [1.29, 1.82) is 0 Å². The standard InChI is InChI=1S/C21H24ClN7O2/c1-28-21(31-16-5-3-4-15(22)8-16)26-20(27-28)25-19-13-6-7-14(19)11-29(10-13)17-9-18(30-2)24-12-23-17/h3-5,8-9,12-14,19H,6-7,10-11H2,1-2H3,(H,25,27)/t13-,14+,19+. The SMILES string of the molecule is COc1cc(N2C[C@H]3CC[C@@H](C2)[C@H]3Nc2nc(Oc3cccc(Cl)c3)n(C)n2)ncn1. The minimum Gasteiger partial charge on any atom is -0.481 e. The van der Waals surface area contributed by atoms with Gasteiger partial charge in [-0.05, 0) is 42.9 Å². The summed E-state index contributed by atoms with van der Waals surface area (Å²) in [5, 5.41) is 8.68. The van der Waals surface area contributed by atoms with Crippen molar-refractivity contribution in [3.8, 4) is 17.6 Å². The molecular weight excluding hydrogens is 418 g/mol. The number of aryl methyl sites for hydroxylation is 1. The van der Waals surface area contributed by atoms with Crippen LogP contribution in [0.5, 0.6) is 17.6 Å². The Morgan fingerprint density at radius 3 is 2.68 bits per heavy atom. The lowest BCUT2D eigenvalue weighted by molar-refractivity contribution is 0.372. The van der Waals surface area contributed by atoms with Gasteiger partial charge in [0.2, 0.25) is 11.8 Å². The molecule has 1 saturated heterocycles. The van der Waals surface area contributed by atoms with Crippen LogP contribution >= 0.6 is 11.6 Å². The van der Waals surface area contributed by atoms with Gasteiger partial charge < -0.3 is 19.7 Å². The van der Waals surface area contributed by atoms with Crippen LogP contribution in [0.3, 0.4) is 0 Å². The molecule has 162 valence electrons. The summed E-state index contributed by atoms with van der Waals surface area (Å²) >= 11 is 6.04. The van der Waals surface area contributed by atoms with E-state index in [0.29, 0.717) is 46.5 Å². The van der Waals surface area contributed by atoms with Crippen LogP contribution in [-0.4, -0.2) is 51.0 Å². The highest BCUT2D eigenvalue weighted by Gasteiger charge is 2.43. The number of piperidine rings is 1. The van der Waals surface area contributed by atoms with Crippen LogP contribution in [0.4, 0.5) is 11.8 Å². The van der Waals surface area contributed by atoms with Crippen LogP contribution < -0.4 is 19.7 Å². The summed E-state index contributed by atoms with van der Waals surface area (Å²) in [4.78, 5) is 15.4. The van der Waals surface area contributed by atoms with E-state index < -0.39 is 0 Å². The summed E-state index contributed by atoms with van der Waals surface area (Å²) in [6.45, 7) is 1.85. The summed E-state index contributed by atoms with van der Waals surface area (Å²) < 4.78 is 12.7. The van der Waals surface area contributed by atoms with Crippen LogP contribution in [0.2, 0.25) is 5.02 Å². The number of rotatable bonds is 6. The predicted octanol–water partition coefficient (Wildman–Crippen LogP) is 3.39. The molecule has 3 heterocycles. The van der Waals surface area contributed by atoms with Gasteiger partial charge in [0, 0.05) is 37.3 Å². The van der Waals surface area contributed by atoms with Crippen LogP contribution in [0, 0.1) is 11.8 Å². The molecule has 1 aliphatic carbocycles. The molecule has 1 N–H and O–H groups in total. The summed E-state index contributed by atoms with van der Waals surface area (Å²) in [5.41, 5.74) is 0. The molecule has 2 bridgehead atoms. The van der Waals surface area contributed by atoms with E-state index in [-0.39, 0.29) is 0 Å². The molecule has 3 aromatic rings. The average Bonchev–Trinajstić information content (AvgIpc) is 3.21. The number of nitrogens with zero attached hydrogens (tertiary/aromatic N) is 6. The van der Waals surface area contributed by atoms with E-state index in [4.69, 9.17) is 21.1 Å². The zero-order valence-electron chi connectivity index (χ0n) is 17.4. The second-order valence-corrected chi connectivity index (χ2v) is 8.43. The summed E-state index contributed by atoms with van der Waals surface area (Å²) in [6, 6.07) is 9.87. The van der Waals surface area contributed by atoms with Gasteiger partial charge in [-0.3, -0.25) is 0 Å². The molecule has 0 radical (unpaired) electrons. The van der Waals surface area contributed by atoms with Crippen molar-refractivity contribution >= 4 is 23.4 Å². The number of nitrogens with one attached hydrogen (secondary N) is 1.